The van der Waals surface area contributed by atoms with Crippen LogP contribution in [0.1, 0.15) is 31.4 Å². The zero-order chi connectivity index (χ0) is 22.3. The van der Waals surface area contributed by atoms with Crippen molar-refractivity contribution in [2.45, 2.75) is 39.4 Å². The van der Waals surface area contributed by atoms with Gasteiger partial charge in [-0.1, -0.05) is 36.4 Å². The number of nitrogens with one attached hydrogen (secondary N) is 2. The molecule has 0 fully saturated rings. The van der Waals surface area contributed by atoms with Crippen molar-refractivity contribution in [1.29, 1.82) is 0 Å². The van der Waals surface area contributed by atoms with E-state index >= 15 is 0 Å². The SMILES string of the molecule is CCNC(=NCc1ccc(Cn2cnc3ccccc32)cc1)NC(C)CCS(C)(=O)=O.I. The van der Waals surface area contributed by atoms with E-state index in [1.54, 1.807) is 0 Å². The van der Waals surface area contributed by atoms with Crippen LogP contribution in [-0.4, -0.2) is 48.5 Å². The van der Waals surface area contributed by atoms with E-state index in [-0.39, 0.29) is 35.8 Å². The quantitative estimate of drug-likeness (QED) is 0.234. The maximum absolute atomic E-state index is 11.4. The second kappa shape index (κ2) is 12.2. The predicted octanol–water partition coefficient (Wildman–Crippen LogP) is 3.58. The first-order chi connectivity index (χ1) is 14.8. The minimum atomic E-state index is -2.96. The van der Waals surface area contributed by atoms with Crippen LogP contribution in [0.5, 0.6) is 0 Å². The molecule has 32 heavy (non-hydrogen) atoms. The van der Waals surface area contributed by atoms with Crippen LogP contribution in [-0.2, 0) is 22.9 Å². The molecule has 0 bridgehead atoms. The van der Waals surface area contributed by atoms with Gasteiger partial charge in [0.25, 0.3) is 0 Å². The summed E-state index contributed by atoms with van der Waals surface area (Å²) in [6.45, 7) is 6.02. The number of hydrogen-bond donors (Lipinski definition) is 2. The third-order valence-corrected chi connectivity index (χ3v) is 5.95. The lowest BCUT2D eigenvalue weighted by Crippen LogP contribution is -2.42. The third kappa shape index (κ3) is 8.09. The van der Waals surface area contributed by atoms with Gasteiger partial charge in [0, 0.05) is 25.4 Å². The number of benzene rings is 2. The molecule has 0 spiro atoms. The summed E-state index contributed by atoms with van der Waals surface area (Å²) in [5, 5.41) is 6.50. The van der Waals surface area contributed by atoms with Crippen LogP contribution in [0.3, 0.4) is 0 Å². The molecule has 0 aliphatic carbocycles. The van der Waals surface area contributed by atoms with E-state index in [1.807, 2.05) is 38.4 Å². The van der Waals surface area contributed by atoms with Gasteiger partial charge < -0.3 is 15.2 Å². The largest absolute Gasteiger partial charge is 0.357 e. The number of halogens is 1. The molecule has 0 amide bonds. The first-order valence-corrected chi connectivity index (χ1v) is 12.6. The lowest BCUT2D eigenvalue weighted by Gasteiger charge is -2.17. The molecule has 174 valence electrons. The Morgan fingerprint density at radius 1 is 1.12 bits per heavy atom. The molecular weight excluding hydrogens is 537 g/mol. The van der Waals surface area contributed by atoms with Crippen molar-refractivity contribution in [2.75, 3.05) is 18.6 Å². The molecule has 0 radical (unpaired) electrons. The van der Waals surface area contributed by atoms with Crippen molar-refractivity contribution < 1.29 is 8.42 Å². The fourth-order valence-corrected chi connectivity index (χ4v) is 4.05. The molecule has 0 saturated carbocycles. The van der Waals surface area contributed by atoms with Crippen LogP contribution in [0.4, 0.5) is 0 Å². The molecule has 3 aromatic rings. The lowest BCUT2D eigenvalue weighted by atomic mass is 10.1. The van der Waals surface area contributed by atoms with E-state index < -0.39 is 9.84 Å². The van der Waals surface area contributed by atoms with Gasteiger partial charge >= 0.3 is 0 Å². The second-order valence-electron chi connectivity index (χ2n) is 7.84. The van der Waals surface area contributed by atoms with Gasteiger partial charge in [-0.2, -0.15) is 0 Å². The molecule has 3 rings (SSSR count). The van der Waals surface area contributed by atoms with Crippen LogP contribution >= 0.6 is 24.0 Å². The van der Waals surface area contributed by atoms with Crippen molar-refractivity contribution in [3.8, 4) is 0 Å². The predicted molar refractivity (Wildman–Crippen MR) is 142 cm³/mol. The summed E-state index contributed by atoms with van der Waals surface area (Å²) in [5.74, 6) is 0.853. The number of nitrogens with zero attached hydrogens (tertiary/aromatic N) is 3. The Hall–Kier alpha value is -2.14. The molecule has 7 nitrogen and oxygen atoms in total. The molecule has 9 heteroatoms. The molecule has 0 aliphatic rings. The molecule has 0 saturated heterocycles. The molecule has 2 N–H and O–H groups in total. The number of imidazole rings is 1. The minimum absolute atomic E-state index is 0. The van der Waals surface area contributed by atoms with E-state index in [1.165, 1.54) is 11.8 Å². The molecule has 1 aromatic heterocycles. The van der Waals surface area contributed by atoms with Crippen molar-refractivity contribution >= 4 is 50.8 Å². The van der Waals surface area contributed by atoms with E-state index in [0.717, 1.165) is 29.7 Å². The van der Waals surface area contributed by atoms with E-state index in [0.29, 0.717) is 18.9 Å². The highest BCUT2D eigenvalue weighted by molar-refractivity contribution is 14.0. The number of para-hydroxylation sites is 2. The first-order valence-electron chi connectivity index (χ1n) is 10.5. The summed E-state index contributed by atoms with van der Waals surface area (Å²) in [5.41, 5.74) is 4.45. The smallest absolute Gasteiger partial charge is 0.191 e. The maximum atomic E-state index is 11.4. The Bertz CT molecular complexity index is 1130. The average molecular weight is 570 g/mol. The molecule has 1 unspecified atom stereocenters. The molecular formula is C23H32IN5O2S. The number of fused-ring (bicyclic) bond motifs is 1. The fraction of sp³-hybridized carbons (Fsp3) is 0.391. The summed E-state index contributed by atoms with van der Waals surface area (Å²) < 4.78 is 24.9. The van der Waals surface area contributed by atoms with Gasteiger partial charge in [0.1, 0.15) is 9.84 Å². The van der Waals surface area contributed by atoms with Gasteiger partial charge in [-0.25, -0.2) is 18.4 Å². The van der Waals surface area contributed by atoms with Crippen LogP contribution in [0, 0.1) is 0 Å². The Balaban J connectivity index is 0.00000363. The zero-order valence-electron chi connectivity index (χ0n) is 18.8. The van der Waals surface area contributed by atoms with E-state index in [2.05, 4.69) is 55.5 Å². The van der Waals surface area contributed by atoms with Gasteiger partial charge in [-0.3, -0.25) is 0 Å². The number of guanidine groups is 1. The summed E-state index contributed by atoms with van der Waals surface area (Å²) in [6.07, 6.45) is 3.68. The Kier molecular flexibility index (Phi) is 9.95. The van der Waals surface area contributed by atoms with Crippen LogP contribution in [0.25, 0.3) is 11.0 Å². The maximum Gasteiger partial charge on any atom is 0.191 e. The first kappa shape index (κ1) is 26.1. The molecule has 0 aliphatic heterocycles. The number of aromatic nitrogens is 2. The van der Waals surface area contributed by atoms with Gasteiger partial charge in [0.05, 0.1) is 29.7 Å². The average Bonchev–Trinajstić information content (AvgIpc) is 3.14. The van der Waals surface area contributed by atoms with E-state index in [9.17, 15) is 8.42 Å². The van der Waals surface area contributed by atoms with Gasteiger partial charge in [0.2, 0.25) is 0 Å². The minimum Gasteiger partial charge on any atom is -0.357 e. The standard InChI is InChI=1S/C23H31N5O2S.HI/c1-4-24-23(27-18(2)13-14-31(3,29)30)25-15-19-9-11-20(12-10-19)16-28-17-26-21-7-5-6-8-22(21)28;/h5-12,17-18H,4,13-16H2,1-3H3,(H2,24,25,27);1H. The number of aliphatic imine (C=N–C) groups is 1. The van der Waals surface area contributed by atoms with Gasteiger partial charge in [0.15, 0.2) is 5.96 Å². The number of rotatable bonds is 9. The third-order valence-electron chi connectivity index (χ3n) is 4.97. The Morgan fingerprint density at radius 3 is 2.50 bits per heavy atom. The molecule has 2 aromatic carbocycles. The normalized spacial score (nSPS) is 12.9. The summed E-state index contributed by atoms with van der Waals surface area (Å²) in [7, 11) is -2.96. The van der Waals surface area contributed by atoms with Crippen molar-refractivity contribution in [3.05, 3.63) is 66.0 Å². The van der Waals surface area contributed by atoms with Crippen molar-refractivity contribution in [2.24, 2.45) is 4.99 Å². The lowest BCUT2D eigenvalue weighted by molar-refractivity contribution is 0.581. The van der Waals surface area contributed by atoms with Crippen LogP contribution in [0.2, 0.25) is 0 Å². The summed E-state index contributed by atoms with van der Waals surface area (Å²) in [4.78, 5) is 9.09. The van der Waals surface area contributed by atoms with E-state index in [4.69, 9.17) is 0 Å². The van der Waals surface area contributed by atoms with Crippen molar-refractivity contribution in [1.82, 2.24) is 20.2 Å². The Labute approximate surface area is 207 Å². The van der Waals surface area contributed by atoms with Gasteiger partial charge in [-0.05, 0) is 43.5 Å². The Morgan fingerprint density at radius 2 is 1.81 bits per heavy atom. The fourth-order valence-electron chi connectivity index (χ4n) is 3.27. The highest BCUT2D eigenvalue weighted by atomic mass is 127. The second-order valence-corrected chi connectivity index (χ2v) is 10.1. The summed E-state index contributed by atoms with van der Waals surface area (Å²) in [6, 6.07) is 16.6. The summed E-state index contributed by atoms with van der Waals surface area (Å²) >= 11 is 0. The van der Waals surface area contributed by atoms with Crippen molar-refractivity contribution in [3.63, 3.8) is 0 Å². The number of hydrogen-bond acceptors (Lipinski definition) is 4. The topological polar surface area (TPSA) is 88.4 Å². The van der Waals surface area contributed by atoms with Gasteiger partial charge in [-0.15, -0.1) is 24.0 Å². The number of sulfone groups is 1. The highest BCUT2D eigenvalue weighted by Crippen LogP contribution is 2.14. The monoisotopic (exact) mass is 569 g/mol. The zero-order valence-corrected chi connectivity index (χ0v) is 21.9. The molecule has 1 atom stereocenters. The van der Waals surface area contributed by atoms with Crippen LogP contribution < -0.4 is 10.6 Å². The molecule has 1 heterocycles. The highest BCUT2D eigenvalue weighted by Gasteiger charge is 2.09. The van der Waals surface area contributed by atoms with Crippen LogP contribution in [0.15, 0.2) is 59.9 Å².